The molecule has 0 bridgehead atoms. The van der Waals surface area contributed by atoms with Crippen molar-refractivity contribution in [3.63, 3.8) is 0 Å². The van der Waals surface area contributed by atoms with Crippen molar-refractivity contribution in [1.29, 1.82) is 0 Å². The molecular weight excluding hydrogens is 209 g/mol. The zero-order valence-electron chi connectivity index (χ0n) is 8.91. The van der Waals surface area contributed by atoms with E-state index < -0.39 is 0 Å². The molecule has 0 amide bonds. The van der Waals surface area contributed by atoms with Gasteiger partial charge in [-0.15, -0.1) is 0 Å². The quantitative estimate of drug-likeness (QED) is 0.833. The van der Waals surface area contributed by atoms with Crippen molar-refractivity contribution in [1.82, 2.24) is 0 Å². The number of hydrogen-bond donors (Lipinski definition) is 1. The number of fused-ring (bicyclic) bond motifs is 1. The summed E-state index contributed by atoms with van der Waals surface area (Å²) < 4.78 is 24.6. The van der Waals surface area contributed by atoms with E-state index in [1.54, 1.807) is 18.2 Å². The second-order valence-electron chi connectivity index (χ2n) is 3.48. The van der Waals surface area contributed by atoms with Gasteiger partial charge in [0.15, 0.2) is 11.5 Å². The van der Waals surface area contributed by atoms with E-state index in [2.05, 4.69) is 0 Å². The van der Waals surface area contributed by atoms with E-state index in [1.165, 1.54) is 6.07 Å². The Morgan fingerprint density at radius 1 is 1.31 bits per heavy atom. The summed E-state index contributed by atoms with van der Waals surface area (Å²) in [5, 5.41) is 0. The molecule has 1 aromatic carbocycles. The average molecular weight is 223 g/mol. The van der Waals surface area contributed by atoms with Gasteiger partial charge >= 0.3 is 0 Å². The smallest absolute Gasteiger partial charge is 0.171 e. The number of halogens is 1. The number of ether oxygens (including phenoxy) is 2. The topological polar surface area (TPSA) is 44.5 Å². The van der Waals surface area contributed by atoms with E-state index in [4.69, 9.17) is 15.2 Å². The molecule has 0 aromatic heterocycles. The predicted octanol–water partition coefficient (Wildman–Crippen LogP) is 1.96. The van der Waals surface area contributed by atoms with Gasteiger partial charge in [0.25, 0.3) is 0 Å². The van der Waals surface area contributed by atoms with Crippen LogP contribution in [0.5, 0.6) is 11.5 Å². The lowest BCUT2D eigenvalue weighted by molar-refractivity contribution is 0.296. The van der Waals surface area contributed by atoms with Crippen molar-refractivity contribution in [2.24, 2.45) is 5.73 Å². The maximum atomic E-state index is 13.6. The molecule has 0 radical (unpaired) electrons. The minimum atomic E-state index is -0.325. The Morgan fingerprint density at radius 3 is 2.94 bits per heavy atom. The Balaban J connectivity index is 2.44. The van der Waals surface area contributed by atoms with Crippen LogP contribution in [-0.4, -0.2) is 19.8 Å². The average Bonchev–Trinajstić information content (AvgIpc) is 2.53. The van der Waals surface area contributed by atoms with Crippen molar-refractivity contribution < 1.29 is 13.9 Å². The van der Waals surface area contributed by atoms with Crippen LogP contribution in [-0.2, 0) is 0 Å². The third-order valence-corrected chi connectivity index (χ3v) is 2.32. The van der Waals surface area contributed by atoms with Gasteiger partial charge in [-0.25, -0.2) is 4.39 Å². The van der Waals surface area contributed by atoms with Gasteiger partial charge in [-0.1, -0.05) is 12.2 Å². The van der Waals surface area contributed by atoms with Crippen molar-refractivity contribution in [2.75, 3.05) is 19.8 Å². The lowest BCUT2D eigenvalue weighted by Gasteiger charge is -2.10. The molecule has 2 rings (SSSR count). The van der Waals surface area contributed by atoms with Crippen molar-refractivity contribution in [3.05, 3.63) is 29.6 Å². The Labute approximate surface area is 93.7 Å². The van der Waals surface area contributed by atoms with E-state index in [1.807, 2.05) is 0 Å². The Hall–Kier alpha value is -1.55. The highest BCUT2D eigenvalue weighted by atomic mass is 19.1. The third kappa shape index (κ3) is 2.17. The largest absolute Gasteiger partial charge is 0.490 e. The van der Waals surface area contributed by atoms with Crippen LogP contribution < -0.4 is 15.2 Å². The maximum Gasteiger partial charge on any atom is 0.171 e. The molecule has 16 heavy (non-hydrogen) atoms. The molecular formula is C12H14FNO2. The van der Waals surface area contributed by atoms with E-state index in [-0.39, 0.29) is 5.82 Å². The monoisotopic (exact) mass is 223 g/mol. The summed E-state index contributed by atoms with van der Waals surface area (Å²) in [4.78, 5) is 0. The Kier molecular flexibility index (Phi) is 3.41. The molecule has 1 aliphatic rings. The summed E-state index contributed by atoms with van der Waals surface area (Å²) in [5.74, 6) is 0.742. The number of benzene rings is 1. The van der Waals surface area contributed by atoms with E-state index in [9.17, 15) is 4.39 Å². The lowest BCUT2D eigenvalue weighted by atomic mass is 10.1. The van der Waals surface area contributed by atoms with Crippen LogP contribution in [0.25, 0.3) is 6.08 Å². The summed E-state index contributed by atoms with van der Waals surface area (Å²) in [6.45, 7) is 1.50. The molecule has 86 valence electrons. The molecule has 3 nitrogen and oxygen atoms in total. The molecule has 0 saturated heterocycles. The van der Waals surface area contributed by atoms with Crippen LogP contribution in [0, 0.1) is 5.82 Å². The fourth-order valence-electron chi connectivity index (χ4n) is 1.57. The molecule has 1 heterocycles. The first kappa shape index (κ1) is 11.0. The second kappa shape index (κ2) is 4.99. The standard InChI is InChI=1S/C12H14FNO2/c13-10-4-5-11-12(9(10)3-1-6-14)16-8-2-7-15-11/h1,3-5H,2,6-8,14H2/b3-1+. The summed E-state index contributed by atoms with van der Waals surface area (Å²) >= 11 is 0. The fraction of sp³-hybridized carbons (Fsp3) is 0.333. The molecule has 4 heteroatoms. The third-order valence-electron chi connectivity index (χ3n) is 2.32. The SMILES string of the molecule is NC/C=C/c1c(F)ccc2c1OCCCO2. The molecule has 0 unspecified atom stereocenters. The first-order valence-corrected chi connectivity index (χ1v) is 5.27. The first-order chi connectivity index (χ1) is 7.83. The van der Waals surface area contributed by atoms with E-state index in [0.717, 1.165) is 6.42 Å². The predicted molar refractivity (Wildman–Crippen MR) is 60.1 cm³/mol. The fourth-order valence-corrected chi connectivity index (χ4v) is 1.57. The molecule has 2 N–H and O–H groups in total. The number of rotatable bonds is 2. The molecule has 0 spiro atoms. The zero-order chi connectivity index (χ0) is 11.4. The van der Waals surface area contributed by atoms with Gasteiger partial charge in [0, 0.05) is 13.0 Å². The minimum Gasteiger partial charge on any atom is -0.490 e. The Morgan fingerprint density at radius 2 is 2.12 bits per heavy atom. The lowest BCUT2D eigenvalue weighted by Crippen LogP contribution is -1.98. The van der Waals surface area contributed by atoms with Gasteiger partial charge in [-0.3, -0.25) is 0 Å². The van der Waals surface area contributed by atoms with Crippen LogP contribution >= 0.6 is 0 Å². The van der Waals surface area contributed by atoms with Gasteiger partial charge in [-0.2, -0.15) is 0 Å². The van der Waals surface area contributed by atoms with E-state index >= 15 is 0 Å². The minimum absolute atomic E-state index is 0.325. The highest BCUT2D eigenvalue weighted by Gasteiger charge is 2.16. The normalized spacial score (nSPS) is 15.1. The molecule has 0 atom stereocenters. The van der Waals surface area contributed by atoms with Crippen LogP contribution in [0.1, 0.15) is 12.0 Å². The first-order valence-electron chi connectivity index (χ1n) is 5.27. The van der Waals surface area contributed by atoms with Gasteiger partial charge in [0.2, 0.25) is 0 Å². The number of nitrogens with two attached hydrogens (primary N) is 1. The highest BCUT2D eigenvalue weighted by molar-refractivity contribution is 5.63. The van der Waals surface area contributed by atoms with Gasteiger partial charge in [0.1, 0.15) is 5.82 Å². The van der Waals surface area contributed by atoms with Crippen molar-refractivity contribution >= 4 is 6.08 Å². The molecule has 1 aromatic rings. The second-order valence-corrected chi connectivity index (χ2v) is 3.48. The van der Waals surface area contributed by atoms with Crippen molar-refractivity contribution in [3.8, 4) is 11.5 Å². The maximum absolute atomic E-state index is 13.6. The van der Waals surface area contributed by atoms with Gasteiger partial charge < -0.3 is 15.2 Å². The number of hydrogen-bond acceptors (Lipinski definition) is 3. The van der Waals surface area contributed by atoms with Crippen LogP contribution in [0.3, 0.4) is 0 Å². The molecule has 1 aliphatic heterocycles. The van der Waals surface area contributed by atoms with Crippen LogP contribution in [0.2, 0.25) is 0 Å². The van der Waals surface area contributed by atoms with E-state index in [0.29, 0.717) is 36.8 Å². The summed E-state index contributed by atoms with van der Waals surface area (Å²) in [7, 11) is 0. The summed E-state index contributed by atoms with van der Waals surface area (Å²) in [5.41, 5.74) is 5.76. The highest BCUT2D eigenvalue weighted by Crippen LogP contribution is 2.35. The van der Waals surface area contributed by atoms with Crippen LogP contribution in [0.4, 0.5) is 4.39 Å². The summed E-state index contributed by atoms with van der Waals surface area (Å²) in [6, 6.07) is 2.97. The zero-order valence-corrected chi connectivity index (χ0v) is 8.91. The van der Waals surface area contributed by atoms with Gasteiger partial charge in [0.05, 0.1) is 18.8 Å². The van der Waals surface area contributed by atoms with Crippen LogP contribution in [0.15, 0.2) is 18.2 Å². The molecule has 0 aliphatic carbocycles. The van der Waals surface area contributed by atoms with Crippen molar-refractivity contribution in [2.45, 2.75) is 6.42 Å². The summed E-state index contributed by atoms with van der Waals surface area (Å²) in [6.07, 6.45) is 4.12. The van der Waals surface area contributed by atoms with Gasteiger partial charge in [-0.05, 0) is 12.1 Å². The molecule has 0 saturated carbocycles. The Bertz CT molecular complexity index is 404. The molecule has 0 fully saturated rings.